The molecule has 3 rings (SSSR count). The summed E-state index contributed by atoms with van der Waals surface area (Å²) in [4.78, 5) is 17.2. The standard InChI is InChI=1S/C20H29N3O2/c1-14(2)23-17-10-6-5-9-16(17)22-19(23)15(3)21-18(24)13-20(25)11-7-4-8-12-20/h5-6,9-10,14-15,25H,4,7-8,11-13H2,1-3H3,(H,21,24). The number of nitrogens with one attached hydrogen (secondary N) is 1. The van der Waals surface area contributed by atoms with Crippen LogP contribution in [0.2, 0.25) is 0 Å². The average molecular weight is 343 g/mol. The van der Waals surface area contributed by atoms with Crippen molar-refractivity contribution in [2.24, 2.45) is 0 Å². The van der Waals surface area contributed by atoms with Crippen molar-refractivity contribution in [3.8, 4) is 0 Å². The number of imidazole rings is 1. The van der Waals surface area contributed by atoms with Gasteiger partial charge in [-0.3, -0.25) is 4.79 Å². The van der Waals surface area contributed by atoms with E-state index in [1.807, 2.05) is 25.1 Å². The van der Waals surface area contributed by atoms with Gasteiger partial charge in [0.15, 0.2) is 0 Å². The van der Waals surface area contributed by atoms with Crippen LogP contribution in [0.1, 0.15) is 77.2 Å². The van der Waals surface area contributed by atoms with E-state index in [9.17, 15) is 9.90 Å². The molecule has 136 valence electrons. The zero-order valence-electron chi connectivity index (χ0n) is 15.5. The fraction of sp³-hybridized carbons (Fsp3) is 0.600. The minimum atomic E-state index is -0.833. The lowest BCUT2D eigenvalue weighted by molar-refractivity contribution is -0.128. The molecule has 2 N–H and O–H groups in total. The van der Waals surface area contributed by atoms with Gasteiger partial charge < -0.3 is 15.0 Å². The normalized spacial score (nSPS) is 18.4. The SMILES string of the molecule is CC(NC(=O)CC1(O)CCCCC1)c1nc2ccccc2n1C(C)C. The zero-order valence-corrected chi connectivity index (χ0v) is 15.5. The van der Waals surface area contributed by atoms with Gasteiger partial charge >= 0.3 is 0 Å². The number of fused-ring (bicyclic) bond motifs is 1. The van der Waals surface area contributed by atoms with Crippen molar-refractivity contribution in [1.29, 1.82) is 0 Å². The molecular weight excluding hydrogens is 314 g/mol. The fourth-order valence-electron chi connectivity index (χ4n) is 3.95. The summed E-state index contributed by atoms with van der Waals surface area (Å²) in [6.07, 6.45) is 4.78. The Labute approximate surface area is 149 Å². The summed E-state index contributed by atoms with van der Waals surface area (Å²) in [6, 6.07) is 8.10. The molecule has 25 heavy (non-hydrogen) atoms. The van der Waals surface area contributed by atoms with Gasteiger partial charge in [0.1, 0.15) is 5.82 Å². The van der Waals surface area contributed by atoms with Gasteiger partial charge in [0.25, 0.3) is 0 Å². The Kier molecular flexibility index (Phi) is 5.13. The average Bonchev–Trinajstić information content (AvgIpc) is 2.94. The van der Waals surface area contributed by atoms with Crippen molar-refractivity contribution in [2.75, 3.05) is 0 Å². The van der Waals surface area contributed by atoms with Gasteiger partial charge in [-0.1, -0.05) is 31.4 Å². The second-order valence-electron chi connectivity index (χ2n) is 7.67. The predicted molar refractivity (Wildman–Crippen MR) is 99.3 cm³/mol. The van der Waals surface area contributed by atoms with E-state index < -0.39 is 5.60 Å². The van der Waals surface area contributed by atoms with Crippen LogP contribution < -0.4 is 5.32 Å². The molecule has 1 atom stereocenters. The lowest BCUT2D eigenvalue weighted by Gasteiger charge is -2.31. The molecule has 1 aliphatic rings. The topological polar surface area (TPSA) is 67.2 Å². The number of aromatic nitrogens is 2. The molecule has 1 heterocycles. The van der Waals surface area contributed by atoms with Crippen LogP contribution in [0.25, 0.3) is 11.0 Å². The summed E-state index contributed by atoms with van der Waals surface area (Å²) < 4.78 is 2.18. The van der Waals surface area contributed by atoms with Gasteiger partial charge in [-0.15, -0.1) is 0 Å². The Morgan fingerprint density at radius 2 is 1.92 bits per heavy atom. The highest BCUT2D eigenvalue weighted by Crippen LogP contribution is 2.31. The lowest BCUT2D eigenvalue weighted by atomic mass is 9.82. The molecule has 0 radical (unpaired) electrons. The summed E-state index contributed by atoms with van der Waals surface area (Å²) in [7, 11) is 0. The molecule has 1 unspecified atom stereocenters. The summed E-state index contributed by atoms with van der Waals surface area (Å²) in [5.41, 5.74) is 1.19. The second-order valence-corrected chi connectivity index (χ2v) is 7.67. The summed E-state index contributed by atoms with van der Waals surface area (Å²) in [6.45, 7) is 6.21. The Morgan fingerprint density at radius 1 is 1.24 bits per heavy atom. The highest BCUT2D eigenvalue weighted by Gasteiger charge is 2.32. The van der Waals surface area contributed by atoms with E-state index in [4.69, 9.17) is 4.98 Å². The third kappa shape index (κ3) is 3.87. The molecule has 5 nitrogen and oxygen atoms in total. The number of hydrogen-bond donors (Lipinski definition) is 2. The Hall–Kier alpha value is -1.88. The largest absolute Gasteiger partial charge is 0.389 e. The van der Waals surface area contributed by atoms with Gasteiger partial charge in [-0.05, 0) is 45.7 Å². The van der Waals surface area contributed by atoms with Crippen LogP contribution in [0.5, 0.6) is 0 Å². The van der Waals surface area contributed by atoms with Crippen LogP contribution in [0.4, 0.5) is 0 Å². The van der Waals surface area contributed by atoms with E-state index in [-0.39, 0.29) is 24.4 Å². The van der Waals surface area contributed by atoms with Crippen LogP contribution >= 0.6 is 0 Å². The minimum absolute atomic E-state index is 0.0979. The molecule has 0 saturated heterocycles. The van der Waals surface area contributed by atoms with E-state index >= 15 is 0 Å². The number of benzene rings is 1. The molecule has 1 aromatic carbocycles. The van der Waals surface area contributed by atoms with E-state index in [1.54, 1.807) is 0 Å². The summed E-state index contributed by atoms with van der Waals surface area (Å²) in [5.74, 6) is 0.763. The monoisotopic (exact) mass is 343 g/mol. The molecule has 2 aromatic rings. The zero-order chi connectivity index (χ0) is 18.0. The number of rotatable bonds is 5. The lowest BCUT2D eigenvalue weighted by Crippen LogP contribution is -2.39. The maximum absolute atomic E-state index is 12.5. The third-order valence-corrected chi connectivity index (χ3v) is 5.18. The van der Waals surface area contributed by atoms with Crippen LogP contribution in [0.3, 0.4) is 0 Å². The molecule has 0 aliphatic heterocycles. The number of carbonyl (C=O) groups is 1. The van der Waals surface area contributed by atoms with Crippen LogP contribution in [0.15, 0.2) is 24.3 Å². The first-order chi connectivity index (χ1) is 11.9. The predicted octanol–water partition coefficient (Wildman–Crippen LogP) is 3.88. The number of nitrogens with zero attached hydrogens (tertiary/aromatic N) is 2. The van der Waals surface area contributed by atoms with E-state index in [1.165, 1.54) is 0 Å². The van der Waals surface area contributed by atoms with Crippen molar-refractivity contribution >= 4 is 16.9 Å². The number of carbonyl (C=O) groups excluding carboxylic acids is 1. The van der Waals surface area contributed by atoms with E-state index in [0.717, 1.165) is 49.0 Å². The maximum atomic E-state index is 12.5. The van der Waals surface area contributed by atoms with Crippen molar-refractivity contribution < 1.29 is 9.90 Å². The molecule has 0 bridgehead atoms. The number of hydrogen-bond acceptors (Lipinski definition) is 3. The first kappa shape index (κ1) is 17.9. The maximum Gasteiger partial charge on any atom is 0.223 e. The van der Waals surface area contributed by atoms with Crippen molar-refractivity contribution in [1.82, 2.24) is 14.9 Å². The van der Waals surface area contributed by atoms with Gasteiger partial charge in [-0.25, -0.2) is 4.98 Å². The van der Waals surface area contributed by atoms with Crippen molar-refractivity contribution in [3.05, 3.63) is 30.1 Å². The number of aliphatic hydroxyl groups is 1. The number of para-hydroxylation sites is 2. The van der Waals surface area contributed by atoms with Crippen LogP contribution in [-0.2, 0) is 4.79 Å². The summed E-state index contributed by atoms with van der Waals surface area (Å²) >= 11 is 0. The van der Waals surface area contributed by atoms with Crippen molar-refractivity contribution in [3.63, 3.8) is 0 Å². The van der Waals surface area contributed by atoms with Gasteiger partial charge in [0.05, 0.1) is 29.1 Å². The van der Waals surface area contributed by atoms with E-state index in [0.29, 0.717) is 0 Å². The molecule has 5 heteroatoms. The Morgan fingerprint density at radius 3 is 2.60 bits per heavy atom. The Balaban J connectivity index is 1.76. The second kappa shape index (κ2) is 7.16. The molecule has 1 fully saturated rings. The molecule has 1 amide bonds. The highest BCUT2D eigenvalue weighted by atomic mass is 16.3. The van der Waals surface area contributed by atoms with Crippen LogP contribution in [-0.4, -0.2) is 26.2 Å². The Bertz CT molecular complexity index is 744. The summed E-state index contributed by atoms with van der Waals surface area (Å²) in [5, 5.41) is 13.6. The van der Waals surface area contributed by atoms with Gasteiger partial charge in [0, 0.05) is 6.04 Å². The van der Waals surface area contributed by atoms with E-state index in [2.05, 4.69) is 29.8 Å². The molecular formula is C20H29N3O2. The van der Waals surface area contributed by atoms with Gasteiger partial charge in [0.2, 0.25) is 5.91 Å². The number of amides is 1. The quantitative estimate of drug-likeness (QED) is 0.866. The molecule has 1 saturated carbocycles. The molecule has 1 aromatic heterocycles. The first-order valence-electron chi connectivity index (χ1n) is 9.38. The van der Waals surface area contributed by atoms with Crippen molar-refractivity contribution in [2.45, 2.75) is 77.0 Å². The highest BCUT2D eigenvalue weighted by molar-refractivity contribution is 5.78. The smallest absolute Gasteiger partial charge is 0.223 e. The van der Waals surface area contributed by atoms with Crippen LogP contribution in [0, 0.1) is 0 Å². The fourth-order valence-corrected chi connectivity index (χ4v) is 3.95. The third-order valence-electron chi connectivity index (χ3n) is 5.18. The first-order valence-corrected chi connectivity index (χ1v) is 9.38. The molecule has 1 aliphatic carbocycles. The minimum Gasteiger partial charge on any atom is -0.389 e. The molecule has 0 spiro atoms. The van der Waals surface area contributed by atoms with Gasteiger partial charge in [-0.2, -0.15) is 0 Å².